The average molecular weight is 293 g/mol. The molecule has 0 radical (unpaired) electrons. The van der Waals surface area contributed by atoms with E-state index in [9.17, 15) is 0 Å². The highest BCUT2D eigenvalue weighted by molar-refractivity contribution is 7.80. The normalized spacial score (nSPS) is 10.2. The zero-order valence-corrected chi connectivity index (χ0v) is 12.3. The lowest BCUT2D eigenvalue weighted by Gasteiger charge is -2.26. The van der Waals surface area contributed by atoms with Crippen molar-refractivity contribution in [2.45, 2.75) is 6.92 Å². The molecule has 0 aliphatic rings. The number of hydrogen-bond donors (Lipinski definition) is 2. The first-order chi connectivity index (χ1) is 9.06. The number of aryl methyl sites for hydroxylation is 1. The van der Waals surface area contributed by atoms with E-state index in [0.29, 0.717) is 17.1 Å². The fraction of sp³-hybridized carbons (Fsp3) is 0.154. The quantitative estimate of drug-likeness (QED) is 0.672. The van der Waals surface area contributed by atoms with E-state index in [-0.39, 0.29) is 5.11 Å². The van der Waals surface area contributed by atoms with Crippen LogP contribution in [-0.4, -0.2) is 12.2 Å². The van der Waals surface area contributed by atoms with Gasteiger partial charge < -0.3 is 16.2 Å². The molecule has 19 heavy (non-hydrogen) atoms. The summed E-state index contributed by atoms with van der Waals surface area (Å²) < 4.78 is 5.36. The van der Waals surface area contributed by atoms with E-state index in [1.54, 1.807) is 29.4 Å². The van der Waals surface area contributed by atoms with Crippen molar-refractivity contribution >= 4 is 45.7 Å². The van der Waals surface area contributed by atoms with Gasteiger partial charge in [0.2, 0.25) is 0 Å². The summed E-state index contributed by atoms with van der Waals surface area (Å²) in [5, 5.41) is 4.25. The first-order valence-corrected chi connectivity index (χ1v) is 6.96. The molecule has 0 spiro atoms. The summed E-state index contributed by atoms with van der Waals surface area (Å²) in [5.41, 5.74) is 15.2. The highest BCUT2D eigenvalue weighted by atomic mass is 32.1. The van der Waals surface area contributed by atoms with Gasteiger partial charge in [0.1, 0.15) is 11.4 Å². The molecule has 2 aromatic rings. The number of benzene rings is 1. The molecule has 0 fully saturated rings. The largest absolute Gasteiger partial charge is 0.494 e. The lowest BCUT2D eigenvalue weighted by atomic mass is 10.2. The molecule has 4 nitrogen and oxygen atoms in total. The SMILES string of the molecule is COc1cccc(N)c1N(C(N)=S)c1cscc1C. The number of nitrogens with two attached hydrogens (primary N) is 2. The molecule has 0 saturated heterocycles. The molecule has 100 valence electrons. The lowest BCUT2D eigenvalue weighted by molar-refractivity contribution is 0.416. The number of hydrogen-bond acceptors (Lipinski definition) is 4. The minimum atomic E-state index is 0.234. The number of methoxy groups -OCH3 is 1. The summed E-state index contributed by atoms with van der Waals surface area (Å²) in [6.45, 7) is 2.00. The number of anilines is 3. The van der Waals surface area contributed by atoms with Gasteiger partial charge in [-0.3, -0.25) is 4.90 Å². The van der Waals surface area contributed by atoms with Crippen LogP contribution in [0, 0.1) is 6.92 Å². The summed E-state index contributed by atoms with van der Waals surface area (Å²) in [5.74, 6) is 0.637. The zero-order valence-electron chi connectivity index (χ0n) is 10.7. The van der Waals surface area contributed by atoms with Crippen molar-refractivity contribution in [1.82, 2.24) is 0 Å². The summed E-state index contributed by atoms with van der Waals surface area (Å²) in [4.78, 5) is 1.75. The van der Waals surface area contributed by atoms with E-state index >= 15 is 0 Å². The van der Waals surface area contributed by atoms with E-state index in [2.05, 4.69) is 0 Å². The van der Waals surface area contributed by atoms with Gasteiger partial charge in [-0.15, -0.1) is 11.3 Å². The van der Waals surface area contributed by atoms with Gasteiger partial charge >= 0.3 is 0 Å². The molecule has 0 atom stereocenters. The Morgan fingerprint density at radius 2 is 2.11 bits per heavy atom. The minimum Gasteiger partial charge on any atom is -0.494 e. The smallest absolute Gasteiger partial charge is 0.175 e. The van der Waals surface area contributed by atoms with Gasteiger partial charge in [-0.05, 0) is 42.2 Å². The number of para-hydroxylation sites is 1. The van der Waals surface area contributed by atoms with Gasteiger partial charge in [0.05, 0.1) is 18.5 Å². The van der Waals surface area contributed by atoms with Crippen molar-refractivity contribution in [3.63, 3.8) is 0 Å². The monoisotopic (exact) mass is 293 g/mol. The van der Waals surface area contributed by atoms with E-state index in [0.717, 1.165) is 11.3 Å². The number of thiophene rings is 1. The third-order valence-corrected chi connectivity index (χ3v) is 3.80. The van der Waals surface area contributed by atoms with Crippen LogP contribution in [0.1, 0.15) is 5.56 Å². The van der Waals surface area contributed by atoms with Crippen LogP contribution in [0.4, 0.5) is 17.1 Å². The van der Waals surface area contributed by atoms with Crippen molar-refractivity contribution in [3.8, 4) is 5.75 Å². The Balaban J connectivity index is 2.65. The van der Waals surface area contributed by atoms with Gasteiger partial charge in [-0.25, -0.2) is 0 Å². The fourth-order valence-electron chi connectivity index (χ4n) is 1.88. The number of ether oxygens (including phenoxy) is 1. The molecule has 1 aromatic heterocycles. The Bertz CT molecular complexity index is 610. The van der Waals surface area contributed by atoms with Crippen molar-refractivity contribution in [1.29, 1.82) is 0 Å². The summed E-state index contributed by atoms with van der Waals surface area (Å²) >= 11 is 6.76. The number of nitrogens with zero attached hydrogens (tertiary/aromatic N) is 1. The molecule has 0 aliphatic heterocycles. The predicted octanol–water partition coefficient (Wildman–Crippen LogP) is 3.03. The third kappa shape index (κ3) is 2.50. The molecule has 1 aromatic carbocycles. The number of rotatable bonds is 3. The van der Waals surface area contributed by atoms with Crippen molar-refractivity contribution < 1.29 is 4.74 Å². The van der Waals surface area contributed by atoms with Crippen molar-refractivity contribution in [3.05, 3.63) is 34.5 Å². The van der Waals surface area contributed by atoms with Crippen LogP contribution < -0.4 is 21.1 Å². The van der Waals surface area contributed by atoms with Gasteiger partial charge in [-0.2, -0.15) is 0 Å². The standard InChI is InChI=1S/C13H15N3OS2/c1-8-6-19-7-10(8)16(13(15)18)12-9(14)4-3-5-11(12)17-2/h3-7H,14H2,1-2H3,(H2,15,18). The van der Waals surface area contributed by atoms with Crippen LogP contribution in [0.25, 0.3) is 0 Å². The first kappa shape index (κ1) is 13.6. The van der Waals surface area contributed by atoms with Crippen LogP contribution in [0.15, 0.2) is 29.0 Å². The van der Waals surface area contributed by atoms with Crippen LogP contribution >= 0.6 is 23.6 Å². The summed E-state index contributed by atoms with van der Waals surface area (Å²) in [6.07, 6.45) is 0. The number of thiocarbonyl (C=S) groups is 1. The van der Waals surface area contributed by atoms with Crippen molar-refractivity contribution in [2.75, 3.05) is 17.7 Å². The molecule has 0 aliphatic carbocycles. The van der Waals surface area contributed by atoms with E-state index < -0.39 is 0 Å². The maximum atomic E-state index is 6.06. The Kier molecular flexibility index (Phi) is 3.92. The Morgan fingerprint density at radius 1 is 1.37 bits per heavy atom. The summed E-state index contributed by atoms with van der Waals surface area (Å²) in [6, 6.07) is 5.46. The van der Waals surface area contributed by atoms with Gasteiger partial charge in [0, 0.05) is 5.38 Å². The second kappa shape index (κ2) is 5.46. The van der Waals surface area contributed by atoms with E-state index in [1.807, 2.05) is 29.8 Å². The van der Waals surface area contributed by atoms with Crippen molar-refractivity contribution in [2.24, 2.45) is 5.73 Å². The molecular weight excluding hydrogens is 278 g/mol. The molecule has 1 heterocycles. The second-order valence-corrected chi connectivity index (χ2v) is 5.17. The third-order valence-electron chi connectivity index (χ3n) is 2.76. The second-order valence-electron chi connectivity index (χ2n) is 4.01. The molecule has 0 bridgehead atoms. The maximum Gasteiger partial charge on any atom is 0.175 e. The Hall–Kier alpha value is -1.79. The molecule has 0 amide bonds. The van der Waals surface area contributed by atoms with Crippen LogP contribution in [0.3, 0.4) is 0 Å². The predicted molar refractivity (Wildman–Crippen MR) is 85.4 cm³/mol. The highest BCUT2D eigenvalue weighted by Crippen LogP contribution is 2.40. The van der Waals surface area contributed by atoms with Crippen LogP contribution in [0.5, 0.6) is 5.75 Å². The average Bonchev–Trinajstić information content (AvgIpc) is 2.78. The van der Waals surface area contributed by atoms with Gasteiger partial charge in [0.25, 0.3) is 0 Å². The first-order valence-electron chi connectivity index (χ1n) is 5.61. The summed E-state index contributed by atoms with van der Waals surface area (Å²) in [7, 11) is 1.59. The zero-order chi connectivity index (χ0) is 14.0. The number of nitrogen functional groups attached to an aromatic ring is 1. The molecule has 4 N–H and O–H groups in total. The Labute approximate surface area is 121 Å². The highest BCUT2D eigenvalue weighted by Gasteiger charge is 2.21. The van der Waals surface area contributed by atoms with Gasteiger partial charge in [-0.1, -0.05) is 6.07 Å². The van der Waals surface area contributed by atoms with Gasteiger partial charge in [0.15, 0.2) is 5.11 Å². The van der Waals surface area contributed by atoms with Crippen LogP contribution in [-0.2, 0) is 0 Å². The molecule has 6 heteroatoms. The molecule has 0 saturated carbocycles. The topological polar surface area (TPSA) is 64.5 Å². The Morgan fingerprint density at radius 3 is 2.63 bits per heavy atom. The molecule has 0 unspecified atom stereocenters. The molecule has 2 rings (SSSR count). The minimum absolute atomic E-state index is 0.234. The molecular formula is C13H15N3OS2. The maximum absolute atomic E-state index is 6.06. The van der Waals surface area contributed by atoms with E-state index in [4.69, 9.17) is 28.4 Å². The van der Waals surface area contributed by atoms with Crippen LogP contribution in [0.2, 0.25) is 0 Å². The fourth-order valence-corrected chi connectivity index (χ4v) is 2.88. The lowest BCUT2D eigenvalue weighted by Crippen LogP contribution is -2.32. The van der Waals surface area contributed by atoms with E-state index in [1.165, 1.54) is 0 Å².